The van der Waals surface area contributed by atoms with Crippen LogP contribution in [0.15, 0.2) is 47.4 Å². The number of benzene rings is 2. The maximum atomic E-state index is 12.4. The van der Waals surface area contributed by atoms with Crippen LogP contribution in [0.3, 0.4) is 0 Å². The van der Waals surface area contributed by atoms with Gasteiger partial charge < -0.3 is 5.32 Å². The summed E-state index contributed by atoms with van der Waals surface area (Å²) in [7, 11) is -3.53. The standard InChI is InChI=1S/C18H18Cl2N2O3S/c1-11(16-9-4-13(19)10-17(16)20)21-18(23)12-2-7-15(8-3-12)26(24,25)22-14-5-6-14/h2-4,7-11,14,22H,5-6H2,1H3,(H,21,23). The van der Waals surface area contributed by atoms with E-state index in [0.29, 0.717) is 15.6 Å². The second-order valence-corrected chi connectivity index (χ2v) is 8.84. The van der Waals surface area contributed by atoms with E-state index in [4.69, 9.17) is 23.2 Å². The maximum Gasteiger partial charge on any atom is 0.251 e. The first-order chi connectivity index (χ1) is 12.3. The van der Waals surface area contributed by atoms with Crippen molar-refractivity contribution in [3.05, 3.63) is 63.6 Å². The van der Waals surface area contributed by atoms with Crippen LogP contribution in [-0.4, -0.2) is 20.4 Å². The molecule has 0 radical (unpaired) electrons. The normalized spacial score (nSPS) is 15.5. The van der Waals surface area contributed by atoms with Crippen molar-refractivity contribution < 1.29 is 13.2 Å². The molecule has 0 aromatic heterocycles. The zero-order valence-corrected chi connectivity index (χ0v) is 16.3. The van der Waals surface area contributed by atoms with Crippen LogP contribution >= 0.6 is 23.2 Å². The van der Waals surface area contributed by atoms with Crippen LogP contribution in [0.4, 0.5) is 0 Å². The van der Waals surface area contributed by atoms with Gasteiger partial charge in [-0.25, -0.2) is 13.1 Å². The Bertz CT molecular complexity index is 926. The summed E-state index contributed by atoms with van der Waals surface area (Å²) in [6, 6.07) is 10.6. The van der Waals surface area contributed by atoms with Crippen molar-refractivity contribution in [2.24, 2.45) is 0 Å². The molecule has 2 aromatic rings. The number of hydrogen-bond acceptors (Lipinski definition) is 3. The average Bonchev–Trinajstić information content (AvgIpc) is 3.38. The van der Waals surface area contributed by atoms with Crippen LogP contribution in [0.25, 0.3) is 0 Å². The van der Waals surface area contributed by atoms with E-state index >= 15 is 0 Å². The van der Waals surface area contributed by atoms with Crippen molar-refractivity contribution in [2.75, 3.05) is 0 Å². The zero-order chi connectivity index (χ0) is 18.9. The number of rotatable bonds is 6. The molecule has 2 aromatic carbocycles. The smallest absolute Gasteiger partial charge is 0.251 e. The van der Waals surface area contributed by atoms with Gasteiger partial charge in [-0.2, -0.15) is 0 Å². The number of carbonyl (C=O) groups is 1. The Kier molecular flexibility index (Phi) is 5.58. The van der Waals surface area contributed by atoms with Crippen LogP contribution in [0.1, 0.15) is 41.7 Å². The molecule has 1 unspecified atom stereocenters. The highest BCUT2D eigenvalue weighted by atomic mass is 35.5. The van der Waals surface area contributed by atoms with Crippen molar-refractivity contribution >= 4 is 39.1 Å². The monoisotopic (exact) mass is 412 g/mol. The second kappa shape index (κ2) is 7.56. The summed E-state index contributed by atoms with van der Waals surface area (Å²) >= 11 is 12.0. The minimum atomic E-state index is -3.53. The van der Waals surface area contributed by atoms with Gasteiger partial charge in [-0.1, -0.05) is 29.3 Å². The van der Waals surface area contributed by atoms with E-state index in [1.807, 2.05) is 6.92 Å². The highest BCUT2D eigenvalue weighted by Gasteiger charge is 2.28. The summed E-state index contributed by atoms with van der Waals surface area (Å²) in [5.41, 5.74) is 1.12. The van der Waals surface area contributed by atoms with E-state index in [1.54, 1.807) is 18.2 Å². The Morgan fingerprint density at radius 1 is 1.12 bits per heavy atom. The lowest BCUT2D eigenvalue weighted by Crippen LogP contribution is -2.27. The van der Waals surface area contributed by atoms with Gasteiger partial charge in [0.1, 0.15) is 0 Å². The fourth-order valence-electron chi connectivity index (χ4n) is 2.48. The molecule has 0 heterocycles. The third-order valence-electron chi connectivity index (χ3n) is 4.10. The molecule has 0 aliphatic heterocycles. The van der Waals surface area contributed by atoms with E-state index in [1.165, 1.54) is 24.3 Å². The van der Waals surface area contributed by atoms with Crippen molar-refractivity contribution in [3.63, 3.8) is 0 Å². The van der Waals surface area contributed by atoms with E-state index in [9.17, 15) is 13.2 Å². The van der Waals surface area contributed by atoms with E-state index in [-0.39, 0.29) is 22.9 Å². The molecule has 26 heavy (non-hydrogen) atoms. The van der Waals surface area contributed by atoms with Crippen LogP contribution in [0, 0.1) is 0 Å². The first-order valence-corrected chi connectivity index (χ1v) is 10.4. The first kappa shape index (κ1) is 19.2. The summed E-state index contributed by atoms with van der Waals surface area (Å²) in [6.45, 7) is 1.81. The summed E-state index contributed by atoms with van der Waals surface area (Å²) in [5.74, 6) is -0.317. The largest absolute Gasteiger partial charge is 0.345 e. The lowest BCUT2D eigenvalue weighted by Gasteiger charge is -2.16. The lowest BCUT2D eigenvalue weighted by molar-refractivity contribution is 0.0940. The molecule has 1 fully saturated rings. The van der Waals surface area contributed by atoms with Gasteiger partial charge in [0.05, 0.1) is 10.9 Å². The minimum Gasteiger partial charge on any atom is -0.345 e. The van der Waals surface area contributed by atoms with Crippen molar-refractivity contribution in [1.82, 2.24) is 10.0 Å². The Labute approximate surface area is 162 Å². The number of hydrogen-bond donors (Lipinski definition) is 2. The molecule has 5 nitrogen and oxygen atoms in total. The molecule has 2 N–H and O–H groups in total. The highest BCUT2D eigenvalue weighted by molar-refractivity contribution is 7.89. The Morgan fingerprint density at radius 2 is 1.77 bits per heavy atom. The topological polar surface area (TPSA) is 75.3 Å². The molecule has 3 rings (SSSR count). The van der Waals surface area contributed by atoms with Crippen molar-refractivity contribution in [2.45, 2.75) is 36.7 Å². The number of halogens is 2. The first-order valence-electron chi connectivity index (χ1n) is 8.14. The van der Waals surface area contributed by atoms with Gasteiger partial charge in [0.2, 0.25) is 10.0 Å². The third kappa shape index (κ3) is 4.57. The quantitative estimate of drug-likeness (QED) is 0.754. The third-order valence-corrected chi connectivity index (χ3v) is 6.20. The van der Waals surface area contributed by atoms with Gasteiger partial charge in [-0.15, -0.1) is 0 Å². The molecule has 1 aliphatic carbocycles. The molecule has 8 heteroatoms. The predicted octanol–water partition coefficient (Wildman–Crippen LogP) is 3.93. The van der Waals surface area contributed by atoms with E-state index in [2.05, 4.69) is 10.0 Å². The van der Waals surface area contributed by atoms with Crippen LogP contribution in [0.2, 0.25) is 10.0 Å². The molecule has 0 bridgehead atoms. The van der Waals surface area contributed by atoms with Gasteiger partial charge in [0.25, 0.3) is 5.91 Å². The van der Waals surface area contributed by atoms with E-state index in [0.717, 1.165) is 18.4 Å². The predicted molar refractivity (Wildman–Crippen MR) is 102 cm³/mol. The molecular formula is C18H18Cl2N2O3S. The Morgan fingerprint density at radius 3 is 2.35 bits per heavy atom. The Balaban J connectivity index is 1.69. The van der Waals surface area contributed by atoms with Crippen molar-refractivity contribution in [3.8, 4) is 0 Å². The highest BCUT2D eigenvalue weighted by Crippen LogP contribution is 2.26. The molecule has 1 atom stereocenters. The molecule has 138 valence electrons. The van der Waals surface area contributed by atoms with Crippen LogP contribution < -0.4 is 10.0 Å². The fourth-order valence-corrected chi connectivity index (χ4v) is 4.36. The van der Waals surface area contributed by atoms with Gasteiger partial charge in [0.15, 0.2) is 0 Å². The number of nitrogens with one attached hydrogen (secondary N) is 2. The maximum absolute atomic E-state index is 12.4. The van der Waals surface area contributed by atoms with Crippen molar-refractivity contribution in [1.29, 1.82) is 0 Å². The number of carbonyl (C=O) groups excluding carboxylic acids is 1. The summed E-state index contributed by atoms with van der Waals surface area (Å²) < 4.78 is 26.9. The molecule has 1 amide bonds. The van der Waals surface area contributed by atoms with Gasteiger partial charge in [0, 0.05) is 21.7 Å². The molecule has 1 saturated carbocycles. The summed E-state index contributed by atoms with van der Waals surface area (Å²) in [5, 5.41) is 3.83. The number of amides is 1. The molecule has 1 aliphatic rings. The van der Waals surface area contributed by atoms with Crippen LogP contribution in [0.5, 0.6) is 0 Å². The minimum absolute atomic E-state index is 0.0351. The average molecular weight is 413 g/mol. The summed E-state index contributed by atoms with van der Waals surface area (Å²) in [4.78, 5) is 12.6. The van der Waals surface area contributed by atoms with Gasteiger partial charge in [-0.3, -0.25) is 4.79 Å². The van der Waals surface area contributed by atoms with E-state index < -0.39 is 10.0 Å². The van der Waals surface area contributed by atoms with Gasteiger partial charge >= 0.3 is 0 Å². The molecule has 0 spiro atoms. The molecule has 0 saturated heterocycles. The lowest BCUT2D eigenvalue weighted by atomic mass is 10.1. The number of sulfonamides is 1. The Hall–Kier alpha value is -1.60. The van der Waals surface area contributed by atoms with Gasteiger partial charge in [-0.05, 0) is 61.7 Å². The zero-order valence-electron chi connectivity index (χ0n) is 14.0. The summed E-state index contributed by atoms with van der Waals surface area (Å²) in [6.07, 6.45) is 1.73. The SMILES string of the molecule is CC(NC(=O)c1ccc(S(=O)(=O)NC2CC2)cc1)c1ccc(Cl)cc1Cl. The molecular weight excluding hydrogens is 395 g/mol. The fraction of sp³-hybridized carbons (Fsp3) is 0.278. The van der Waals surface area contributed by atoms with Crippen LogP contribution in [-0.2, 0) is 10.0 Å². The second-order valence-electron chi connectivity index (χ2n) is 6.28.